The van der Waals surface area contributed by atoms with Crippen LogP contribution in [0.25, 0.3) is 0 Å². The first-order valence-electron chi connectivity index (χ1n) is 19.4. The third kappa shape index (κ3) is 10.2. The average molecular weight is 898 g/mol. The molecular formula is C42H40F9N5O7. The summed E-state index contributed by atoms with van der Waals surface area (Å²) in [7, 11) is 1.08. The Morgan fingerprint density at radius 1 is 0.810 bits per heavy atom. The van der Waals surface area contributed by atoms with Crippen molar-refractivity contribution in [3.05, 3.63) is 118 Å². The number of fused-ring (bicyclic) bond motifs is 1. The normalized spacial score (nSPS) is 20.2. The van der Waals surface area contributed by atoms with E-state index < -0.39 is 95.5 Å². The van der Waals surface area contributed by atoms with Crippen molar-refractivity contribution in [3.8, 4) is 5.75 Å². The van der Waals surface area contributed by atoms with Crippen molar-refractivity contribution in [2.45, 2.75) is 88.4 Å². The highest BCUT2D eigenvalue weighted by Gasteiger charge is 2.46. The number of benzene rings is 3. The van der Waals surface area contributed by atoms with Gasteiger partial charge in [-0.05, 0) is 66.4 Å². The fourth-order valence-electron chi connectivity index (χ4n) is 7.71. The van der Waals surface area contributed by atoms with Crippen molar-refractivity contribution in [3.63, 3.8) is 0 Å². The van der Waals surface area contributed by atoms with E-state index in [0.717, 1.165) is 41.3 Å². The largest absolute Gasteiger partial charge is 0.485 e. The van der Waals surface area contributed by atoms with Gasteiger partial charge in [-0.3, -0.25) is 9.80 Å². The number of nitrogens with two attached hydrogens (primary N) is 1. The molecular weight excluding hydrogens is 857 g/mol. The number of carbonyl (C=O) groups excluding carboxylic acids is 3. The van der Waals surface area contributed by atoms with Gasteiger partial charge in [-0.2, -0.15) is 39.5 Å². The fourth-order valence-corrected chi connectivity index (χ4v) is 7.71. The minimum absolute atomic E-state index is 0.0303. The van der Waals surface area contributed by atoms with E-state index in [1.165, 1.54) is 6.92 Å². The molecule has 0 bridgehead atoms. The molecule has 21 heteroatoms. The molecule has 0 spiro atoms. The van der Waals surface area contributed by atoms with Crippen LogP contribution < -0.4 is 15.4 Å². The lowest BCUT2D eigenvalue weighted by Gasteiger charge is -2.43. The number of methoxy groups -OCH3 is 1. The number of halogens is 9. The summed E-state index contributed by atoms with van der Waals surface area (Å²) in [6, 6.07) is 8.63. The number of hydrogen-bond acceptors (Lipinski definition) is 10. The molecule has 0 aliphatic carbocycles. The Morgan fingerprint density at radius 3 is 2.05 bits per heavy atom. The van der Waals surface area contributed by atoms with Gasteiger partial charge < -0.3 is 24.7 Å². The number of likely N-dealkylation sites (tertiary alicyclic amines) is 1. The highest BCUT2D eigenvalue weighted by atomic mass is 19.4. The SMILES string of the molecule is CCOC(=O)N1c2ccc(C(F)(F)F)cc2C(c2ncc(O[C@H]3C[C@@H](C(=O)OC)N(C(=O)OCc4ccccc4)C3)c(Cc3cc(C(F)(F)F)cc(C(F)(F)F)c3)n2)C(N)C1CC. The Labute approximate surface area is 354 Å². The van der Waals surface area contributed by atoms with Crippen LogP contribution in [0.1, 0.15) is 77.5 Å². The van der Waals surface area contributed by atoms with Crippen molar-refractivity contribution >= 4 is 23.8 Å². The Hall–Kier alpha value is -6.12. The van der Waals surface area contributed by atoms with Gasteiger partial charge in [0.2, 0.25) is 0 Å². The smallest absolute Gasteiger partial charge is 0.416 e. The summed E-state index contributed by atoms with van der Waals surface area (Å²) in [6.07, 6.45) is -18.1. The molecule has 3 heterocycles. The number of anilines is 1. The van der Waals surface area contributed by atoms with Crippen molar-refractivity contribution in [1.29, 1.82) is 0 Å². The summed E-state index contributed by atoms with van der Waals surface area (Å²) in [5.41, 5.74) is 1.93. The monoisotopic (exact) mass is 897 g/mol. The third-order valence-corrected chi connectivity index (χ3v) is 10.6. The molecule has 4 aromatic rings. The second kappa shape index (κ2) is 18.3. The molecule has 2 amide bonds. The van der Waals surface area contributed by atoms with Crippen molar-refractivity contribution < 1.29 is 72.8 Å². The van der Waals surface area contributed by atoms with E-state index in [0.29, 0.717) is 17.7 Å². The van der Waals surface area contributed by atoms with Gasteiger partial charge in [-0.25, -0.2) is 24.4 Å². The number of ether oxygens (including phenoxy) is 4. The van der Waals surface area contributed by atoms with Crippen LogP contribution in [0.2, 0.25) is 0 Å². The lowest BCUT2D eigenvalue weighted by atomic mass is 9.79. The second-order valence-electron chi connectivity index (χ2n) is 14.7. The van der Waals surface area contributed by atoms with E-state index in [1.54, 1.807) is 37.3 Å². The molecule has 1 saturated heterocycles. The number of esters is 1. The van der Waals surface area contributed by atoms with Crippen molar-refractivity contribution in [2.24, 2.45) is 5.73 Å². The number of amides is 2. The van der Waals surface area contributed by atoms with E-state index in [4.69, 9.17) is 24.7 Å². The number of alkyl halides is 9. The Kier molecular flexibility index (Phi) is 13.5. The third-order valence-electron chi connectivity index (χ3n) is 10.6. The highest BCUT2D eigenvalue weighted by molar-refractivity contribution is 5.91. The zero-order valence-electron chi connectivity index (χ0n) is 33.7. The average Bonchev–Trinajstić information content (AvgIpc) is 3.66. The summed E-state index contributed by atoms with van der Waals surface area (Å²) in [6.45, 7) is 2.60. The lowest BCUT2D eigenvalue weighted by Crippen LogP contribution is -2.57. The molecule has 3 aromatic carbocycles. The van der Waals surface area contributed by atoms with Crippen LogP contribution in [0.4, 0.5) is 54.8 Å². The molecule has 2 N–H and O–H groups in total. The van der Waals surface area contributed by atoms with E-state index in [9.17, 15) is 53.9 Å². The molecule has 1 fully saturated rings. The fraction of sp³-hybridized carbons (Fsp3) is 0.405. The molecule has 5 atom stereocenters. The zero-order valence-corrected chi connectivity index (χ0v) is 33.7. The molecule has 338 valence electrons. The maximum absolute atomic E-state index is 14.2. The topological polar surface area (TPSA) is 146 Å². The van der Waals surface area contributed by atoms with Crippen molar-refractivity contribution in [2.75, 3.05) is 25.2 Å². The van der Waals surface area contributed by atoms with Crippen LogP contribution in [0.3, 0.4) is 0 Å². The van der Waals surface area contributed by atoms with Crippen LogP contribution in [0.15, 0.2) is 72.9 Å². The summed E-state index contributed by atoms with van der Waals surface area (Å²) < 4.78 is 148. The predicted octanol–water partition coefficient (Wildman–Crippen LogP) is 8.67. The predicted molar refractivity (Wildman–Crippen MR) is 204 cm³/mol. The van der Waals surface area contributed by atoms with Gasteiger partial charge in [0, 0.05) is 18.9 Å². The quantitative estimate of drug-likeness (QED) is 0.0933. The van der Waals surface area contributed by atoms with E-state index in [-0.39, 0.29) is 67.2 Å². The second-order valence-corrected chi connectivity index (χ2v) is 14.7. The van der Waals surface area contributed by atoms with Crippen LogP contribution in [-0.2, 0) is 50.6 Å². The molecule has 1 aromatic heterocycles. The zero-order chi connectivity index (χ0) is 46.0. The number of rotatable bonds is 10. The van der Waals surface area contributed by atoms with Crippen molar-refractivity contribution in [1.82, 2.24) is 14.9 Å². The molecule has 2 aliphatic heterocycles. The molecule has 0 radical (unpaired) electrons. The van der Waals surface area contributed by atoms with E-state index in [2.05, 4.69) is 9.97 Å². The Bertz CT molecular complexity index is 2280. The molecule has 12 nitrogen and oxygen atoms in total. The number of aromatic nitrogens is 2. The minimum Gasteiger partial charge on any atom is -0.485 e. The molecule has 2 aliphatic rings. The standard InChI is InChI=1S/C42H40F9N5O7/c1-4-30-35(52)34(28-17-24(40(43,44)45)11-12-31(28)56(30)39(59)61-5-2)36-53-19-33(29(54-36)15-23-13-25(41(46,47)48)16-26(14-23)42(49,50)51)63-27-18-32(37(57)60-3)55(20-27)38(58)62-21-22-9-7-6-8-10-22/h6-14,16-17,19,27,30,32,34-35H,4-5,15,18,20-21,52H2,1-3H3/t27-,30?,32-,34?,35?/m0/s1. The van der Waals surface area contributed by atoms with Gasteiger partial charge in [-0.15, -0.1) is 0 Å². The highest BCUT2D eigenvalue weighted by Crippen LogP contribution is 2.45. The van der Waals surface area contributed by atoms with Gasteiger partial charge in [0.05, 0.1) is 66.5 Å². The minimum atomic E-state index is -5.22. The van der Waals surface area contributed by atoms with Gasteiger partial charge in [0.1, 0.15) is 24.6 Å². The summed E-state index contributed by atoms with van der Waals surface area (Å²) in [4.78, 5) is 50.5. The van der Waals surface area contributed by atoms with Crippen LogP contribution in [-0.4, -0.2) is 77.5 Å². The Morgan fingerprint density at radius 2 is 1.46 bits per heavy atom. The number of nitrogens with zero attached hydrogens (tertiary/aromatic N) is 4. The van der Waals surface area contributed by atoms with Crippen LogP contribution >= 0.6 is 0 Å². The molecule has 0 saturated carbocycles. The molecule has 63 heavy (non-hydrogen) atoms. The lowest BCUT2D eigenvalue weighted by molar-refractivity contribution is -0.145. The maximum Gasteiger partial charge on any atom is 0.416 e. The first kappa shape index (κ1) is 46.4. The molecule has 6 rings (SSSR count). The summed E-state index contributed by atoms with van der Waals surface area (Å²) in [5.74, 6) is -2.81. The van der Waals surface area contributed by atoms with Gasteiger partial charge in [-0.1, -0.05) is 37.3 Å². The number of hydrogen-bond donors (Lipinski definition) is 1. The van der Waals surface area contributed by atoms with Gasteiger partial charge in [0.15, 0.2) is 5.75 Å². The summed E-state index contributed by atoms with van der Waals surface area (Å²) >= 11 is 0. The summed E-state index contributed by atoms with van der Waals surface area (Å²) in [5, 5.41) is 0. The van der Waals surface area contributed by atoms with Gasteiger partial charge >= 0.3 is 36.7 Å². The first-order chi connectivity index (χ1) is 29.6. The Balaban J connectivity index is 1.46. The van der Waals surface area contributed by atoms with Crippen LogP contribution in [0, 0.1) is 0 Å². The first-order valence-corrected chi connectivity index (χ1v) is 19.4. The van der Waals surface area contributed by atoms with E-state index in [1.807, 2.05) is 0 Å². The number of carbonyl (C=O) groups is 3. The maximum atomic E-state index is 14.2. The van der Waals surface area contributed by atoms with E-state index >= 15 is 0 Å². The van der Waals surface area contributed by atoms with Gasteiger partial charge in [0.25, 0.3) is 0 Å². The molecule has 3 unspecified atom stereocenters. The van der Waals surface area contributed by atoms with Crippen LogP contribution in [0.5, 0.6) is 5.75 Å².